The molecule has 0 aliphatic rings. The predicted molar refractivity (Wildman–Crippen MR) is 78.4 cm³/mol. The maximum absolute atomic E-state index is 12.0. The van der Waals surface area contributed by atoms with Crippen LogP contribution in [0, 0.1) is 4.77 Å². The Bertz CT molecular complexity index is 771. The maximum Gasteiger partial charge on any atom is 0.259 e. The minimum atomic E-state index is -0.983. The molecule has 1 aromatic carbocycles. The number of amides is 1. The van der Waals surface area contributed by atoms with Gasteiger partial charge < -0.3 is 15.4 Å². The molecule has 7 heteroatoms. The fourth-order valence-electron chi connectivity index (χ4n) is 1.71. The number of nitrogens with one attached hydrogen (secondary N) is 3. The molecule has 6 nitrogen and oxygen atoms in total. The van der Waals surface area contributed by atoms with Crippen molar-refractivity contribution in [3.8, 4) is 0 Å². The van der Waals surface area contributed by atoms with E-state index in [9.17, 15) is 14.7 Å². The summed E-state index contributed by atoms with van der Waals surface area (Å²) >= 11 is 4.89. The molecule has 0 radical (unpaired) electrons. The van der Waals surface area contributed by atoms with Gasteiger partial charge in [-0.15, -0.1) is 0 Å². The van der Waals surface area contributed by atoms with Gasteiger partial charge >= 0.3 is 0 Å². The molecule has 0 saturated carbocycles. The van der Waals surface area contributed by atoms with Crippen molar-refractivity contribution in [1.29, 1.82) is 0 Å². The molecular weight excluding hydrogens is 278 g/mol. The third-order valence-corrected chi connectivity index (χ3v) is 2.89. The van der Waals surface area contributed by atoms with Crippen molar-refractivity contribution in [2.75, 3.05) is 6.54 Å². The van der Waals surface area contributed by atoms with Crippen LogP contribution in [0.2, 0.25) is 0 Å². The molecule has 0 aliphatic heterocycles. The fourth-order valence-corrected chi connectivity index (χ4v) is 1.91. The molecule has 2 aromatic rings. The summed E-state index contributed by atoms with van der Waals surface area (Å²) in [6.45, 7) is 3.34. The summed E-state index contributed by atoms with van der Waals surface area (Å²) in [6.07, 6.45) is 0. The summed E-state index contributed by atoms with van der Waals surface area (Å²) in [6, 6.07) is 4.66. The molecule has 1 amide bonds. The average Bonchev–Trinajstić information content (AvgIpc) is 2.34. The van der Waals surface area contributed by atoms with E-state index < -0.39 is 5.60 Å². The molecule has 20 heavy (non-hydrogen) atoms. The third kappa shape index (κ3) is 3.31. The Kier molecular flexibility index (Phi) is 3.74. The van der Waals surface area contributed by atoms with E-state index in [1.54, 1.807) is 32.0 Å². The smallest absolute Gasteiger partial charge is 0.259 e. The van der Waals surface area contributed by atoms with Crippen molar-refractivity contribution in [1.82, 2.24) is 15.3 Å². The van der Waals surface area contributed by atoms with Gasteiger partial charge in [0.15, 0.2) is 4.77 Å². The number of carbonyl (C=O) groups is 1. The van der Waals surface area contributed by atoms with E-state index in [0.29, 0.717) is 16.5 Å². The Morgan fingerprint density at radius 1 is 1.40 bits per heavy atom. The van der Waals surface area contributed by atoms with Gasteiger partial charge in [0.2, 0.25) is 0 Å². The lowest BCUT2D eigenvalue weighted by Gasteiger charge is -2.17. The molecule has 0 spiro atoms. The molecule has 0 unspecified atom stereocenters. The summed E-state index contributed by atoms with van der Waals surface area (Å²) < 4.78 is 0.205. The van der Waals surface area contributed by atoms with E-state index in [2.05, 4.69) is 15.3 Å². The number of aromatic nitrogens is 2. The number of aliphatic hydroxyl groups is 1. The number of carbonyl (C=O) groups excluding carboxylic acids is 1. The zero-order valence-corrected chi connectivity index (χ0v) is 11.9. The number of hydrogen-bond donors (Lipinski definition) is 4. The summed E-state index contributed by atoms with van der Waals surface area (Å²) in [4.78, 5) is 28.9. The second-order valence-corrected chi connectivity index (χ2v) is 5.57. The Labute approximate surface area is 119 Å². The second-order valence-electron chi connectivity index (χ2n) is 5.16. The van der Waals surface area contributed by atoms with Crippen LogP contribution < -0.4 is 10.9 Å². The Balaban J connectivity index is 2.35. The number of fused-ring (bicyclic) bond motifs is 1. The van der Waals surface area contributed by atoms with Crippen LogP contribution >= 0.6 is 12.2 Å². The van der Waals surface area contributed by atoms with E-state index >= 15 is 0 Å². The molecule has 0 fully saturated rings. The van der Waals surface area contributed by atoms with Gasteiger partial charge in [-0.1, -0.05) is 0 Å². The van der Waals surface area contributed by atoms with Crippen molar-refractivity contribution in [3.63, 3.8) is 0 Å². The van der Waals surface area contributed by atoms with Crippen molar-refractivity contribution in [3.05, 3.63) is 38.9 Å². The molecule has 1 aromatic heterocycles. The van der Waals surface area contributed by atoms with Crippen LogP contribution in [0.1, 0.15) is 24.2 Å². The van der Waals surface area contributed by atoms with Crippen LogP contribution in [0.15, 0.2) is 23.0 Å². The number of benzene rings is 1. The lowest BCUT2D eigenvalue weighted by atomic mass is 10.1. The summed E-state index contributed by atoms with van der Waals surface area (Å²) in [5, 5.41) is 12.6. The Morgan fingerprint density at radius 2 is 2.10 bits per heavy atom. The minimum absolute atomic E-state index is 0.134. The van der Waals surface area contributed by atoms with Crippen LogP contribution in [-0.4, -0.2) is 33.1 Å². The molecule has 0 bridgehead atoms. The van der Waals surface area contributed by atoms with Crippen molar-refractivity contribution < 1.29 is 9.90 Å². The lowest BCUT2D eigenvalue weighted by molar-refractivity contribution is 0.0694. The van der Waals surface area contributed by atoms with Gasteiger partial charge in [0.1, 0.15) is 0 Å². The van der Waals surface area contributed by atoms with Gasteiger partial charge in [-0.25, -0.2) is 0 Å². The molecule has 106 valence electrons. The maximum atomic E-state index is 12.0. The number of hydrogen-bond acceptors (Lipinski definition) is 4. The van der Waals surface area contributed by atoms with E-state index in [-0.39, 0.29) is 22.8 Å². The zero-order valence-electron chi connectivity index (χ0n) is 11.1. The number of rotatable bonds is 3. The van der Waals surface area contributed by atoms with Gasteiger partial charge in [-0.3, -0.25) is 14.6 Å². The highest BCUT2D eigenvalue weighted by atomic mass is 32.1. The van der Waals surface area contributed by atoms with Crippen LogP contribution in [-0.2, 0) is 0 Å². The van der Waals surface area contributed by atoms with Crippen molar-refractivity contribution >= 4 is 29.0 Å². The Hall–Kier alpha value is -1.99. The quantitative estimate of drug-likeness (QED) is 0.637. The first-order chi connectivity index (χ1) is 9.26. The first-order valence-electron chi connectivity index (χ1n) is 6.03. The first-order valence-corrected chi connectivity index (χ1v) is 6.44. The van der Waals surface area contributed by atoms with Gasteiger partial charge in [-0.2, -0.15) is 0 Å². The minimum Gasteiger partial charge on any atom is -0.389 e. The monoisotopic (exact) mass is 293 g/mol. The van der Waals surface area contributed by atoms with Crippen LogP contribution in [0.25, 0.3) is 10.9 Å². The van der Waals surface area contributed by atoms with Crippen molar-refractivity contribution in [2.45, 2.75) is 19.4 Å². The topological polar surface area (TPSA) is 98.0 Å². The van der Waals surface area contributed by atoms with E-state index in [1.165, 1.54) is 0 Å². The highest BCUT2D eigenvalue weighted by molar-refractivity contribution is 7.71. The zero-order chi connectivity index (χ0) is 14.9. The predicted octanol–water partition coefficient (Wildman–Crippen LogP) is 1.09. The number of H-pyrrole nitrogens is 2. The van der Waals surface area contributed by atoms with Gasteiger partial charge in [-0.05, 0) is 44.3 Å². The summed E-state index contributed by atoms with van der Waals surface area (Å²) in [5.74, 6) is -0.325. The fraction of sp³-hybridized carbons (Fsp3) is 0.308. The van der Waals surface area contributed by atoms with Gasteiger partial charge in [0, 0.05) is 12.1 Å². The third-order valence-electron chi connectivity index (χ3n) is 2.68. The van der Waals surface area contributed by atoms with E-state index in [4.69, 9.17) is 12.2 Å². The SMILES string of the molecule is CC(C)(O)CNC(=O)c1ccc2c(=O)[nH]c(=S)[nH]c2c1. The molecule has 1 heterocycles. The average molecular weight is 293 g/mol. The molecular formula is C13H15N3O3S. The van der Waals surface area contributed by atoms with Gasteiger partial charge in [0.25, 0.3) is 11.5 Å². The van der Waals surface area contributed by atoms with E-state index in [1.807, 2.05) is 0 Å². The standard InChI is InChI=1S/C13H15N3O3S/c1-13(2,19)6-14-10(17)7-3-4-8-9(5-7)15-12(20)16-11(8)18/h3-5,19H,6H2,1-2H3,(H,14,17)(H2,15,16,18,20). The summed E-state index contributed by atoms with van der Waals surface area (Å²) in [7, 11) is 0. The number of aromatic amines is 2. The highest BCUT2D eigenvalue weighted by Crippen LogP contribution is 2.10. The van der Waals surface area contributed by atoms with Crippen LogP contribution in [0.3, 0.4) is 0 Å². The van der Waals surface area contributed by atoms with E-state index in [0.717, 1.165) is 0 Å². The van der Waals surface area contributed by atoms with Gasteiger partial charge in [0.05, 0.1) is 16.5 Å². The molecule has 0 saturated heterocycles. The Morgan fingerprint density at radius 3 is 2.75 bits per heavy atom. The van der Waals surface area contributed by atoms with Crippen molar-refractivity contribution in [2.24, 2.45) is 0 Å². The first kappa shape index (κ1) is 14.4. The highest BCUT2D eigenvalue weighted by Gasteiger charge is 2.15. The van der Waals surface area contributed by atoms with Crippen LogP contribution in [0.5, 0.6) is 0 Å². The lowest BCUT2D eigenvalue weighted by Crippen LogP contribution is -2.38. The molecule has 0 atom stereocenters. The van der Waals surface area contributed by atoms with Crippen LogP contribution in [0.4, 0.5) is 0 Å². The molecule has 0 aliphatic carbocycles. The largest absolute Gasteiger partial charge is 0.389 e. The molecule has 4 N–H and O–H groups in total. The summed E-state index contributed by atoms with van der Waals surface area (Å²) in [5.41, 5.74) is -0.399. The second kappa shape index (κ2) is 5.18. The normalized spacial score (nSPS) is 11.6. The molecule has 2 rings (SSSR count).